The molecule has 0 radical (unpaired) electrons. The Kier molecular flexibility index (Phi) is 3.66. The van der Waals surface area contributed by atoms with Gasteiger partial charge in [-0.25, -0.2) is 13.1 Å². The molecule has 0 atom stereocenters. The SMILES string of the molecule is CC(C)n1cc(S(=O)(=O)NCC2(C3CC3)CC2)cc1CN. The van der Waals surface area contributed by atoms with Gasteiger partial charge in [0.2, 0.25) is 10.0 Å². The van der Waals surface area contributed by atoms with Crippen molar-refractivity contribution in [3.8, 4) is 0 Å². The fourth-order valence-electron chi connectivity index (χ4n) is 3.20. The summed E-state index contributed by atoms with van der Waals surface area (Å²) in [7, 11) is -3.43. The zero-order chi connectivity index (χ0) is 15.3. The minimum absolute atomic E-state index is 0.203. The summed E-state index contributed by atoms with van der Waals surface area (Å²) in [5, 5.41) is 0. The van der Waals surface area contributed by atoms with Crippen LogP contribution >= 0.6 is 0 Å². The molecule has 21 heavy (non-hydrogen) atoms. The standard InChI is InChI=1S/C15H25N3O2S/c1-11(2)18-9-14(7-13(18)8-16)21(19,20)17-10-15(5-6-15)12-3-4-12/h7,9,11-12,17H,3-6,8,10,16H2,1-2H3. The Labute approximate surface area is 127 Å². The van der Waals surface area contributed by atoms with E-state index in [1.165, 1.54) is 25.7 Å². The van der Waals surface area contributed by atoms with Crippen molar-refractivity contribution in [1.29, 1.82) is 0 Å². The first-order valence-electron chi connectivity index (χ1n) is 7.78. The van der Waals surface area contributed by atoms with E-state index < -0.39 is 10.0 Å². The summed E-state index contributed by atoms with van der Waals surface area (Å²) in [5.41, 5.74) is 6.83. The molecular formula is C15H25N3O2S. The Balaban J connectivity index is 1.75. The number of hydrogen-bond acceptors (Lipinski definition) is 3. The Morgan fingerprint density at radius 1 is 1.43 bits per heavy atom. The molecule has 3 N–H and O–H groups in total. The average Bonchev–Trinajstić information content (AvgIpc) is 3.32. The van der Waals surface area contributed by atoms with Crippen LogP contribution in [0.4, 0.5) is 0 Å². The molecule has 0 aliphatic heterocycles. The van der Waals surface area contributed by atoms with E-state index in [1.807, 2.05) is 18.4 Å². The van der Waals surface area contributed by atoms with Gasteiger partial charge in [0.05, 0.1) is 4.90 Å². The highest BCUT2D eigenvalue weighted by atomic mass is 32.2. The quantitative estimate of drug-likeness (QED) is 0.808. The predicted molar refractivity (Wildman–Crippen MR) is 82.3 cm³/mol. The lowest BCUT2D eigenvalue weighted by molar-refractivity contribution is 0.432. The number of nitrogens with zero attached hydrogens (tertiary/aromatic N) is 1. The first-order chi connectivity index (χ1) is 9.88. The molecule has 6 heteroatoms. The van der Waals surface area contributed by atoms with Gasteiger partial charge in [-0.05, 0) is 56.9 Å². The van der Waals surface area contributed by atoms with Gasteiger partial charge < -0.3 is 10.3 Å². The zero-order valence-electron chi connectivity index (χ0n) is 12.8. The Bertz CT molecular complexity index is 625. The summed E-state index contributed by atoms with van der Waals surface area (Å²) in [6, 6.07) is 1.90. The number of aromatic nitrogens is 1. The van der Waals surface area contributed by atoms with Gasteiger partial charge in [0.1, 0.15) is 0 Å². The highest BCUT2D eigenvalue weighted by Crippen LogP contribution is 2.60. The van der Waals surface area contributed by atoms with Crippen molar-refractivity contribution >= 4 is 10.0 Å². The highest BCUT2D eigenvalue weighted by molar-refractivity contribution is 7.89. The van der Waals surface area contributed by atoms with E-state index in [9.17, 15) is 8.42 Å². The van der Waals surface area contributed by atoms with Gasteiger partial charge >= 0.3 is 0 Å². The number of nitrogens with one attached hydrogen (secondary N) is 1. The van der Waals surface area contributed by atoms with Crippen LogP contribution in [-0.2, 0) is 16.6 Å². The van der Waals surface area contributed by atoms with E-state index in [0.717, 1.165) is 11.6 Å². The van der Waals surface area contributed by atoms with Gasteiger partial charge in [-0.2, -0.15) is 0 Å². The number of hydrogen-bond donors (Lipinski definition) is 2. The van der Waals surface area contributed by atoms with Crippen molar-refractivity contribution in [2.75, 3.05) is 6.54 Å². The summed E-state index contributed by atoms with van der Waals surface area (Å²) in [4.78, 5) is 0.336. The number of rotatable bonds is 7. The van der Waals surface area contributed by atoms with E-state index >= 15 is 0 Å². The maximum atomic E-state index is 12.5. The number of sulfonamides is 1. The summed E-state index contributed by atoms with van der Waals surface area (Å²) < 4.78 is 29.7. The topological polar surface area (TPSA) is 77.1 Å². The fourth-order valence-corrected chi connectivity index (χ4v) is 4.38. The fraction of sp³-hybridized carbons (Fsp3) is 0.733. The van der Waals surface area contributed by atoms with Crippen LogP contribution in [0.2, 0.25) is 0 Å². The number of nitrogens with two attached hydrogens (primary N) is 1. The van der Waals surface area contributed by atoms with Crippen LogP contribution in [0.25, 0.3) is 0 Å². The van der Waals surface area contributed by atoms with Gasteiger partial charge in [-0.15, -0.1) is 0 Å². The maximum Gasteiger partial charge on any atom is 0.242 e. The first kappa shape index (κ1) is 15.1. The van der Waals surface area contributed by atoms with Crippen LogP contribution in [0.5, 0.6) is 0 Å². The zero-order valence-corrected chi connectivity index (χ0v) is 13.6. The molecule has 2 fully saturated rings. The molecule has 2 saturated carbocycles. The van der Waals surface area contributed by atoms with Crippen molar-refractivity contribution in [2.24, 2.45) is 17.1 Å². The third kappa shape index (κ3) is 2.89. The van der Waals surface area contributed by atoms with Crippen LogP contribution in [0.3, 0.4) is 0 Å². The van der Waals surface area contributed by atoms with E-state index in [0.29, 0.717) is 18.0 Å². The first-order valence-corrected chi connectivity index (χ1v) is 9.27. The Hall–Kier alpha value is -0.850. The average molecular weight is 311 g/mol. The van der Waals surface area contributed by atoms with Gasteiger partial charge in [0.25, 0.3) is 0 Å². The lowest BCUT2D eigenvalue weighted by atomic mass is 10.0. The molecule has 0 spiro atoms. The second kappa shape index (κ2) is 5.11. The third-order valence-corrected chi connectivity index (χ3v) is 6.30. The van der Waals surface area contributed by atoms with Crippen molar-refractivity contribution in [2.45, 2.75) is 57.0 Å². The third-order valence-electron chi connectivity index (χ3n) is 4.93. The molecule has 1 aromatic heterocycles. The molecule has 1 heterocycles. The second-order valence-electron chi connectivity index (χ2n) is 6.83. The molecule has 1 aromatic rings. The summed E-state index contributed by atoms with van der Waals surface area (Å²) >= 11 is 0. The Morgan fingerprint density at radius 3 is 2.52 bits per heavy atom. The van der Waals surface area contributed by atoms with Gasteiger partial charge in [0, 0.05) is 31.0 Å². The van der Waals surface area contributed by atoms with Crippen molar-refractivity contribution in [1.82, 2.24) is 9.29 Å². The molecule has 0 aromatic carbocycles. The summed E-state index contributed by atoms with van der Waals surface area (Å²) in [6.45, 7) is 4.98. The summed E-state index contributed by atoms with van der Waals surface area (Å²) in [6.07, 6.45) is 6.57. The minimum Gasteiger partial charge on any atom is -0.346 e. The predicted octanol–water partition coefficient (Wildman–Crippen LogP) is 2.00. The van der Waals surface area contributed by atoms with Crippen LogP contribution in [0.1, 0.15) is 51.3 Å². The molecule has 0 unspecified atom stereocenters. The minimum atomic E-state index is -3.43. The van der Waals surface area contributed by atoms with Crippen LogP contribution in [-0.4, -0.2) is 19.5 Å². The van der Waals surface area contributed by atoms with Gasteiger partial charge in [0.15, 0.2) is 0 Å². The molecule has 2 aliphatic rings. The summed E-state index contributed by atoms with van der Waals surface area (Å²) in [5.74, 6) is 0.750. The maximum absolute atomic E-state index is 12.5. The largest absolute Gasteiger partial charge is 0.346 e. The second-order valence-corrected chi connectivity index (χ2v) is 8.60. The molecule has 118 valence electrons. The molecule has 0 saturated heterocycles. The van der Waals surface area contributed by atoms with E-state index in [2.05, 4.69) is 4.72 Å². The highest BCUT2D eigenvalue weighted by Gasteiger charge is 2.53. The van der Waals surface area contributed by atoms with Crippen LogP contribution in [0.15, 0.2) is 17.2 Å². The van der Waals surface area contributed by atoms with Crippen molar-refractivity contribution < 1.29 is 8.42 Å². The van der Waals surface area contributed by atoms with Gasteiger partial charge in [-0.3, -0.25) is 0 Å². The molecule has 3 rings (SSSR count). The molecule has 5 nitrogen and oxygen atoms in total. The van der Waals surface area contributed by atoms with E-state index in [-0.39, 0.29) is 11.5 Å². The van der Waals surface area contributed by atoms with Crippen molar-refractivity contribution in [3.63, 3.8) is 0 Å². The van der Waals surface area contributed by atoms with E-state index in [1.54, 1.807) is 12.3 Å². The van der Waals surface area contributed by atoms with Crippen molar-refractivity contribution in [3.05, 3.63) is 18.0 Å². The molecule has 2 aliphatic carbocycles. The van der Waals surface area contributed by atoms with Gasteiger partial charge in [-0.1, -0.05) is 0 Å². The Morgan fingerprint density at radius 2 is 2.10 bits per heavy atom. The molecule has 0 bridgehead atoms. The van der Waals surface area contributed by atoms with Crippen LogP contribution in [0, 0.1) is 11.3 Å². The smallest absolute Gasteiger partial charge is 0.242 e. The van der Waals surface area contributed by atoms with Crippen LogP contribution < -0.4 is 10.5 Å². The normalized spacial score (nSPS) is 21.0. The lowest BCUT2D eigenvalue weighted by Gasteiger charge is -2.14. The molecular weight excluding hydrogens is 286 g/mol. The van der Waals surface area contributed by atoms with E-state index in [4.69, 9.17) is 5.73 Å². The lowest BCUT2D eigenvalue weighted by Crippen LogP contribution is -2.31. The molecule has 0 amide bonds. The monoisotopic (exact) mass is 311 g/mol.